The van der Waals surface area contributed by atoms with E-state index in [-0.39, 0.29) is 0 Å². The maximum Gasteiger partial charge on any atom is 0.316 e. The Morgan fingerprint density at radius 3 is 2.71 bits per heavy atom. The number of benzene rings is 1. The van der Waals surface area contributed by atoms with Crippen LogP contribution in [0.2, 0.25) is 0 Å². The first-order valence-corrected chi connectivity index (χ1v) is 5.20. The molecule has 1 fully saturated rings. The molecule has 2 amide bonds. The van der Waals surface area contributed by atoms with Gasteiger partial charge in [-0.2, -0.15) is 5.26 Å². The van der Waals surface area contributed by atoms with E-state index in [1.165, 1.54) is 9.80 Å². The van der Waals surface area contributed by atoms with Gasteiger partial charge in [-0.25, -0.2) is 0 Å². The van der Waals surface area contributed by atoms with Gasteiger partial charge in [-0.05, 0) is 18.2 Å². The Balaban J connectivity index is 2.31. The second-order valence-electron chi connectivity index (χ2n) is 3.85. The molecule has 1 aliphatic rings. The molecule has 1 heterocycles. The van der Waals surface area contributed by atoms with E-state index in [9.17, 15) is 9.59 Å². The van der Waals surface area contributed by atoms with E-state index >= 15 is 0 Å². The number of carbonyl (C=O) groups excluding carboxylic acids is 2. The molecule has 86 valence electrons. The van der Waals surface area contributed by atoms with E-state index in [0.29, 0.717) is 24.3 Å². The van der Waals surface area contributed by atoms with Crippen molar-refractivity contribution in [3.8, 4) is 6.07 Å². The Kier molecular flexibility index (Phi) is 2.79. The molecule has 0 unspecified atom stereocenters. The largest absolute Gasteiger partial charge is 0.336 e. The predicted molar refractivity (Wildman–Crippen MR) is 61.1 cm³/mol. The summed E-state index contributed by atoms with van der Waals surface area (Å²) < 4.78 is 0. The molecule has 17 heavy (non-hydrogen) atoms. The van der Waals surface area contributed by atoms with Gasteiger partial charge in [0.2, 0.25) is 0 Å². The fraction of sp³-hybridized carbons (Fsp3) is 0.250. The van der Waals surface area contributed by atoms with Crippen LogP contribution in [0.1, 0.15) is 5.56 Å². The average Bonchev–Trinajstić information content (AvgIpc) is 2.36. The van der Waals surface area contributed by atoms with Crippen LogP contribution in [-0.2, 0) is 9.59 Å². The highest BCUT2D eigenvalue weighted by atomic mass is 16.2. The molecule has 1 saturated heterocycles. The van der Waals surface area contributed by atoms with Gasteiger partial charge in [-0.15, -0.1) is 0 Å². The molecule has 0 N–H and O–H groups in total. The molecule has 0 radical (unpaired) electrons. The van der Waals surface area contributed by atoms with Crippen LogP contribution in [0.5, 0.6) is 0 Å². The highest BCUT2D eigenvalue weighted by Crippen LogP contribution is 2.18. The Bertz CT molecular complexity index is 519. The molecule has 0 aliphatic carbocycles. The molecular weight excluding hydrogens is 218 g/mol. The molecule has 0 bridgehead atoms. The number of amides is 2. The summed E-state index contributed by atoms with van der Waals surface area (Å²) in [7, 11) is 1.60. The molecule has 1 aliphatic heterocycles. The fourth-order valence-electron chi connectivity index (χ4n) is 1.72. The van der Waals surface area contributed by atoms with Crippen molar-refractivity contribution < 1.29 is 9.59 Å². The van der Waals surface area contributed by atoms with Crippen LogP contribution in [0.3, 0.4) is 0 Å². The first-order valence-electron chi connectivity index (χ1n) is 5.20. The first-order chi connectivity index (χ1) is 8.13. The van der Waals surface area contributed by atoms with Crippen molar-refractivity contribution in [2.45, 2.75) is 0 Å². The molecule has 0 spiro atoms. The van der Waals surface area contributed by atoms with E-state index < -0.39 is 11.8 Å². The lowest BCUT2D eigenvalue weighted by Crippen LogP contribution is -2.53. The average molecular weight is 229 g/mol. The number of likely N-dealkylation sites (N-methyl/N-ethyl adjacent to an activating group) is 1. The maximum absolute atomic E-state index is 11.8. The molecule has 5 heteroatoms. The van der Waals surface area contributed by atoms with Crippen molar-refractivity contribution in [2.24, 2.45) is 0 Å². The van der Waals surface area contributed by atoms with Gasteiger partial charge in [0, 0.05) is 25.8 Å². The zero-order valence-electron chi connectivity index (χ0n) is 9.38. The second-order valence-corrected chi connectivity index (χ2v) is 3.85. The number of rotatable bonds is 1. The summed E-state index contributed by atoms with van der Waals surface area (Å²) in [6.07, 6.45) is 0. The van der Waals surface area contributed by atoms with Crippen LogP contribution in [0.4, 0.5) is 5.69 Å². The Morgan fingerprint density at radius 2 is 2.00 bits per heavy atom. The Morgan fingerprint density at radius 1 is 1.24 bits per heavy atom. The van der Waals surface area contributed by atoms with Gasteiger partial charge in [-0.1, -0.05) is 6.07 Å². The Labute approximate surface area is 98.9 Å². The minimum Gasteiger partial charge on any atom is -0.336 e. The smallest absolute Gasteiger partial charge is 0.316 e. The van der Waals surface area contributed by atoms with Crippen LogP contribution in [0.15, 0.2) is 24.3 Å². The van der Waals surface area contributed by atoms with Crippen LogP contribution >= 0.6 is 0 Å². The molecular formula is C12H11N3O2. The topological polar surface area (TPSA) is 64.4 Å². The number of nitriles is 1. The summed E-state index contributed by atoms with van der Waals surface area (Å²) in [6.45, 7) is 0.956. The van der Waals surface area contributed by atoms with Gasteiger partial charge < -0.3 is 9.80 Å². The van der Waals surface area contributed by atoms with E-state index in [1.54, 1.807) is 31.3 Å². The number of nitrogens with zero attached hydrogens (tertiary/aromatic N) is 3. The number of hydrogen-bond donors (Lipinski definition) is 0. The quantitative estimate of drug-likeness (QED) is 0.653. The third-order valence-corrected chi connectivity index (χ3v) is 2.72. The van der Waals surface area contributed by atoms with Crippen LogP contribution in [-0.4, -0.2) is 36.9 Å². The van der Waals surface area contributed by atoms with Gasteiger partial charge in [0.15, 0.2) is 0 Å². The van der Waals surface area contributed by atoms with Gasteiger partial charge in [0.05, 0.1) is 11.6 Å². The van der Waals surface area contributed by atoms with E-state index in [1.807, 2.05) is 6.07 Å². The molecule has 2 rings (SSSR count). The number of piperazine rings is 1. The number of anilines is 1. The summed E-state index contributed by atoms with van der Waals surface area (Å²) in [5, 5.41) is 8.79. The highest BCUT2D eigenvalue weighted by Gasteiger charge is 2.31. The zero-order valence-corrected chi connectivity index (χ0v) is 9.38. The van der Waals surface area contributed by atoms with Crippen molar-refractivity contribution in [3.05, 3.63) is 29.8 Å². The van der Waals surface area contributed by atoms with Crippen LogP contribution in [0, 0.1) is 11.3 Å². The molecule has 0 atom stereocenters. The van der Waals surface area contributed by atoms with Crippen LogP contribution < -0.4 is 4.90 Å². The normalized spacial score (nSPS) is 16.0. The first kappa shape index (κ1) is 11.1. The third kappa shape index (κ3) is 1.97. The Hall–Kier alpha value is -2.35. The summed E-state index contributed by atoms with van der Waals surface area (Å²) in [5.74, 6) is -1.06. The maximum atomic E-state index is 11.8. The molecule has 0 saturated carbocycles. The van der Waals surface area contributed by atoms with Crippen molar-refractivity contribution in [1.29, 1.82) is 5.26 Å². The zero-order chi connectivity index (χ0) is 12.4. The van der Waals surface area contributed by atoms with Gasteiger partial charge in [-0.3, -0.25) is 9.59 Å². The third-order valence-electron chi connectivity index (χ3n) is 2.72. The van der Waals surface area contributed by atoms with Crippen molar-refractivity contribution in [2.75, 3.05) is 25.0 Å². The van der Waals surface area contributed by atoms with E-state index in [4.69, 9.17) is 5.26 Å². The molecule has 1 aromatic carbocycles. The lowest BCUT2D eigenvalue weighted by atomic mass is 10.2. The minimum atomic E-state index is -0.547. The summed E-state index contributed by atoms with van der Waals surface area (Å²) in [4.78, 5) is 26.1. The van der Waals surface area contributed by atoms with E-state index in [0.717, 1.165) is 0 Å². The standard InChI is InChI=1S/C12H11N3O2/c1-14-5-6-15(12(17)11(14)16)10-4-2-3-9(7-10)8-13/h2-4,7H,5-6H2,1H3. The SMILES string of the molecule is CN1CCN(c2cccc(C#N)c2)C(=O)C1=O. The van der Waals surface area contributed by atoms with Gasteiger partial charge >= 0.3 is 11.8 Å². The lowest BCUT2D eigenvalue weighted by Gasteiger charge is -2.31. The summed E-state index contributed by atoms with van der Waals surface area (Å²) in [5.41, 5.74) is 1.07. The fourth-order valence-corrected chi connectivity index (χ4v) is 1.72. The number of carbonyl (C=O) groups is 2. The summed E-state index contributed by atoms with van der Waals surface area (Å²) in [6, 6.07) is 8.69. The van der Waals surface area contributed by atoms with Gasteiger partial charge in [0.1, 0.15) is 0 Å². The van der Waals surface area contributed by atoms with Crippen molar-refractivity contribution in [1.82, 2.24) is 4.90 Å². The summed E-state index contributed by atoms with van der Waals surface area (Å²) >= 11 is 0. The molecule has 1 aromatic rings. The predicted octanol–water partition coefficient (Wildman–Crippen LogP) is 0.363. The number of hydrogen-bond acceptors (Lipinski definition) is 3. The van der Waals surface area contributed by atoms with Crippen LogP contribution in [0.25, 0.3) is 0 Å². The second kappa shape index (κ2) is 4.26. The highest BCUT2D eigenvalue weighted by molar-refractivity contribution is 6.40. The van der Waals surface area contributed by atoms with Gasteiger partial charge in [0.25, 0.3) is 0 Å². The molecule has 5 nitrogen and oxygen atoms in total. The monoisotopic (exact) mass is 229 g/mol. The van der Waals surface area contributed by atoms with Crippen molar-refractivity contribution in [3.63, 3.8) is 0 Å². The van der Waals surface area contributed by atoms with Crippen molar-refractivity contribution >= 4 is 17.5 Å². The minimum absolute atomic E-state index is 0.454. The molecule has 0 aromatic heterocycles. The van der Waals surface area contributed by atoms with E-state index in [2.05, 4.69) is 0 Å². The lowest BCUT2D eigenvalue weighted by molar-refractivity contribution is -0.145.